The summed E-state index contributed by atoms with van der Waals surface area (Å²) < 4.78 is 13.2. The second-order valence-electron chi connectivity index (χ2n) is 6.48. The van der Waals surface area contributed by atoms with E-state index in [1.165, 1.54) is 15.9 Å². The van der Waals surface area contributed by atoms with Gasteiger partial charge in [0.05, 0.1) is 17.7 Å². The Balaban J connectivity index is 1.72. The summed E-state index contributed by atoms with van der Waals surface area (Å²) in [7, 11) is 0. The zero-order valence-corrected chi connectivity index (χ0v) is 17.3. The Kier molecular flexibility index (Phi) is 5.31. The molecule has 4 aromatic rings. The minimum absolute atomic E-state index is 0.178. The van der Waals surface area contributed by atoms with Crippen molar-refractivity contribution >= 4 is 22.4 Å². The van der Waals surface area contributed by atoms with Crippen LogP contribution in [-0.4, -0.2) is 27.8 Å². The average molecular weight is 407 g/mol. The SMILES string of the molecule is CCOc1ccc(C=c2sc3nc(-c4ccc(C)cc4)nn3c2=O)cc1OCC. The highest BCUT2D eigenvalue weighted by Crippen LogP contribution is 2.28. The molecular formula is C22H21N3O3S. The van der Waals surface area contributed by atoms with Crippen LogP contribution in [0.2, 0.25) is 0 Å². The number of benzene rings is 2. The quantitative estimate of drug-likeness (QED) is 0.490. The van der Waals surface area contributed by atoms with Gasteiger partial charge < -0.3 is 9.47 Å². The van der Waals surface area contributed by atoms with Crippen LogP contribution in [0, 0.1) is 6.92 Å². The standard InChI is InChI=1S/C22H21N3O3S/c1-4-27-17-11-8-15(12-18(17)28-5-2)13-19-21(26)25-22(29-19)23-20(24-25)16-9-6-14(3)7-10-16/h6-13H,4-5H2,1-3H3. The molecule has 0 fully saturated rings. The molecule has 0 aliphatic rings. The van der Waals surface area contributed by atoms with Crippen molar-refractivity contribution in [3.05, 3.63) is 68.5 Å². The van der Waals surface area contributed by atoms with Crippen LogP contribution in [0.3, 0.4) is 0 Å². The number of ether oxygens (including phenoxy) is 2. The lowest BCUT2D eigenvalue weighted by molar-refractivity contribution is 0.287. The largest absolute Gasteiger partial charge is 0.490 e. The van der Waals surface area contributed by atoms with Crippen molar-refractivity contribution in [2.24, 2.45) is 0 Å². The van der Waals surface area contributed by atoms with Crippen LogP contribution >= 0.6 is 11.3 Å². The number of thiazole rings is 1. The first-order valence-electron chi connectivity index (χ1n) is 9.47. The molecule has 2 aromatic carbocycles. The van der Waals surface area contributed by atoms with Crippen molar-refractivity contribution in [3.63, 3.8) is 0 Å². The molecule has 0 spiro atoms. The van der Waals surface area contributed by atoms with Crippen molar-refractivity contribution in [3.8, 4) is 22.9 Å². The van der Waals surface area contributed by atoms with Crippen molar-refractivity contribution in [2.75, 3.05) is 13.2 Å². The number of hydrogen-bond acceptors (Lipinski definition) is 6. The molecule has 0 saturated heterocycles. The maximum atomic E-state index is 12.8. The highest BCUT2D eigenvalue weighted by Gasteiger charge is 2.12. The first kappa shape index (κ1) is 19.1. The normalized spacial score (nSPS) is 11.9. The van der Waals surface area contributed by atoms with E-state index in [4.69, 9.17) is 9.47 Å². The molecule has 148 valence electrons. The molecule has 0 atom stereocenters. The molecule has 6 nitrogen and oxygen atoms in total. The van der Waals surface area contributed by atoms with Gasteiger partial charge in [-0.25, -0.2) is 0 Å². The van der Waals surface area contributed by atoms with Crippen LogP contribution in [0.5, 0.6) is 11.5 Å². The Morgan fingerprint density at radius 1 is 1.03 bits per heavy atom. The molecule has 0 N–H and O–H groups in total. The van der Waals surface area contributed by atoms with Gasteiger partial charge >= 0.3 is 0 Å². The average Bonchev–Trinajstić information content (AvgIpc) is 3.25. The Morgan fingerprint density at radius 2 is 1.76 bits per heavy atom. The van der Waals surface area contributed by atoms with E-state index >= 15 is 0 Å². The number of nitrogens with zero attached hydrogens (tertiary/aromatic N) is 3. The Morgan fingerprint density at radius 3 is 2.45 bits per heavy atom. The van der Waals surface area contributed by atoms with Crippen molar-refractivity contribution in [1.29, 1.82) is 0 Å². The van der Waals surface area contributed by atoms with E-state index in [-0.39, 0.29) is 5.56 Å². The third-order valence-electron chi connectivity index (χ3n) is 4.36. The minimum Gasteiger partial charge on any atom is -0.490 e. The summed E-state index contributed by atoms with van der Waals surface area (Å²) in [6, 6.07) is 13.6. The Bertz CT molecular complexity index is 1260. The third-order valence-corrected chi connectivity index (χ3v) is 5.32. The predicted molar refractivity (Wildman–Crippen MR) is 115 cm³/mol. The summed E-state index contributed by atoms with van der Waals surface area (Å²) in [6.45, 7) is 6.98. The smallest absolute Gasteiger partial charge is 0.291 e. The minimum atomic E-state index is -0.178. The second kappa shape index (κ2) is 8.05. The number of aromatic nitrogens is 3. The van der Waals surface area contributed by atoms with Gasteiger partial charge in [-0.05, 0) is 44.5 Å². The summed E-state index contributed by atoms with van der Waals surface area (Å²) in [5.74, 6) is 1.91. The van der Waals surface area contributed by atoms with Crippen molar-refractivity contribution < 1.29 is 9.47 Å². The maximum Gasteiger partial charge on any atom is 0.291 e. The van der Waals surface area contributed by atoms with Gasteiger partial charge in [0.15, 0.2) is 17.3 Å². The molecule has 0 radical (unpaired) electrons. The van der Waals surface area contributed by atoms with Gasteiger partial charge in [-0.1, -0.05) is 47.2 Å². The Hall–Kier alpha value is -3.19. The lowest BCUT2D eigenvalue weighted by atomic mass is 10.1. The number of aryl methyl sites for hydroxylation is 1. The lowest BCUT2D eigenvalue weighted by Crippen LogP contribution is -2.23. The van der Waals surface area contributed by atoms with E-state index in [1.54, 1.807) is 0 Å². The fourth-order valence-corrected chi connectivity index (χ4v) is 3.88. The van der Waals surface area contributed by atoms with Crippen molar-refractivity contribution in [2.45, 2.75) is 20.8 Å². The van der Waals surface area contributed by atoms with Crippen molar-refractivity contribution in [1.82, 2.24) is 14.6 Å². The van der Waals surface area contributed by atoms with Gasteiger partial charge in [0.2, 0.25) is 4.96 Å². The topological polar surface area (TPSA) is 65.7 Å². The first-order chi connectivity index (χ1) is 14.1. The molecule has 7 heteroatoms. The summed E-state index contributed by atoms with van der Waals surface area (Å²) in [6.07, 6.45) is 1.83. The molecule has 2 heterocycles. The van der Waals surface area contributed by atoms with E-state index in [2.05, 4.69) is 10.1 Å². The zero-order valence-electron chi connectivity index (χ0n) is 16.5. The van der Waals surface area contributed by atoms with Gasteiger partial charge in [0.1, 0.15) is 0 Å². The van der Waals surface area contributed by atoms with E-state index in [1.807, 2.05) is 69.3 Å². The molecule has 29 heavy (non-hydrogen) atoms. The summed E-state index contributed by atoms with van der Waals surface area (Å²) in [5, 5.41) is 4.40. The van der Waals surface area contributed by atoms with E-state index < -0.39 is 0 Å². The molecule has 0 saturated carbocycles. The number of fused-ring (bicyclic) bond motifs is 1. The summed E-state index contributed by atoms with van der Waals surface area (Å²) >= 11 is 1.32. The molecular weight excluding hydrogens is 386 g/mol. The zero-order chi connectivity index (χ0) is 20.4. The van der Waals surface area contributed by atoms with Crippen LogP contribution in [-0.2, 0) is 0 Å². The van der Waals surface area contributed by atoms with Crippen LogP contribution in [0.15, 0.2) is 47.3 Å². The van der Waals surface area contributed by atoms with Gasteiger partial charge in [-0.2, -0.15) is 9.50 Å². The fraction of sp³-hybridized carbons (Fsp3) is 0.227. The van der Waals surface area contributed by atoms with Crippen LogP contribution < -0.4 is 19.6 Å². The highest BCUT2D eigenvalue weighted by molar-refractivity contribution is 7.15. The van der Waals surface area contributed by atoms with Gasteiger partial charge in [-0.3, -0.25) is 4.79 Å². The molecule has 0 amide bonds. The second-order valence-corrected chi connectivity index (χ2v) is 7.49. The van der Waals surface area contributed by atoms with E-state index in [0.29, 0.717) is 40.0 Å². The number of hydrogen-bond donors (Lipinski definition) is 0. The molecule has 0 aliphatic carbocycles. The Labute approximate surface area is 172 Å². The molecule has 2 aromatic heterocycles. The molecule has 0 aliphatic heterocycles. The predicted octanol–water partition coefficient (Wildman–Crippen LogP) is 3.47. The molecule has 0 unspecified atom stereocenters. The van der Waals surface area contributed by atoms with Crippen LogP contribution in [0.4, 0.5) is 0 Å². The molecule has 0 bridgehead atoms. The van der Waals surface area contributed by atoms with Gasteiger partial charge in [0.25, 0.3) is 5.56 Å². The third kappa shape index (κ3) is 3.86. The van der Waals surface area contributed by atoms with E-state index in [0.717, 1.165) is 16.7 Å². The van der Waals surface area contributed by atoms with Gasteiger partial charge in [0, 0.05) is 5.56 Å². The maximum absolute atomic E-state index is 12.8. The monoisotopic (exact) mass is 407 g/mol. The summed E-state index contributed by atoms with van der Waals surface area (Å²) in [4.78, 5) is 17.9. The van der Waals surface area contributed by atoms with E-state index in [9.17, 15) is 4.79 Å². The fourth-order valence-electron chi connectivity index (χ4n) is 2.97. The van der Waals surface area contributed by atoms with Crippen LogP contribution in [0.25, 0.3) is 22.4 Å². The number of rotatable bonds is 6. The molecule has 4 rings (SSSR count). The van der Waals surface area contributed by atoms with Gasteiger partial charge in [-0.15, -0.1) is 5.10 Å². The summed E-state index contributed by atoms with van der Waals surface area (Å²) in [5.41, 5.74) is 2.74. The first-order valence-corrected chi connectivity index (χ1v) is 10.3. The lowest BCUT2D eigenvalue weighted by Gasteiger charge is -2.11. The highest BCUT2D eigenvalue weighted by atomic mass is 32.1. The van der Waals surface area contributed by atoms with Crippen LogP contribution in [0.1, 0.15) is 25.0 Å².